The van der Waals surface area contributed by atoms with Crippen molar-refractivity contribution in [2.75, 3.05) is 0 Å². The third kappa shape index (κ3) is 2.92. The van der Waals surface area contributed by atoms with Gasteiger partial charge in [0, 0.05) is 0 Å². The van der Waals surface area contributed by atoms with Gasteiger partial charge in [0.15, 0.2) is 5.11 Å². The monoisotopic (exact) mass is 215 g/mol. The Hall–Kier alpha value is -0.680. The summed E-state index contributed by atoms with van der Waals surface area (Å²) in [4.78, 5) is 0. The summed E-state index contributed by atoms with van der Waals surface area (Å²) in [5.74, 6) is 0. The Morgan fingerprint density at radius 3 is 2.50 bits per heavy atom. The topological polar surface area (TPSA) is 70.6 Å². The molecule has 0 amide bonds. The zero-order valence-electron chi connectivity index (χ0n) is 8.42. The SMILES string of the molecule is C/C(=N/NC(N)=S)C1(O)CCCCC1. The highest BCUT2D eigenvalue weighted by molar-refractivity contribution is 7.80. The second-order valence-corrected chi connectivity index (χ2v) is 4.21. The van der Waals surface area contributed by atoms with Gasteiger partial charge in [0.25, 0.3) is 0 Å². The maximum absolute atomic E-state index is 10.2. The van der Waals surface area contributed by atoms with Gasteiger partial charge in [0.2, 0.25) is 0 Å². The van der Waals surface area contributed by atoms with Crippen LogP contribution < -0.4 is 11.2 Å². The highest BCUT2D eigenvalue weighted by Crippen LogP contribution is 2.29. The third-order valence-corrected chi connectivity index (χ3v) is 2.78. The first-order chi connectivity index (χ1) is 6.54. The first-order valence-electron chi connectivity index (χ1n) is 4.87. The number of hydrazone groups is 1. The molecule has 1 aliphatic carbocycles. The molecule has 0 radical (unpaired) electrons. The van der Waals surface area contributed by atoms with Crippen LogP contribution in [-0.4, -0.2) is 21.5 Å². The Morgan fingerprint density at radius 2 is 2.00 bits per heavy atom. The van der Waals surface area contributed by atoms with Gasteiger partial charge in [0.1, 0.15) is 5.60 Å². The summed E-state index contributed by atoms with van der Waals surface area (Å²) in [6.45, 7) is 1.80. The molecule has 14 heavy (non-hydrogen) atoms. The normalized spacial score (nSPS) is 21.7. The van der Waals surface area contributed by atoms with Gasteiger partial charge in [-0.25, -0.2) is 0 Å². The Labute approximate surface area is 89.6 Å². The van der Waals surface area contributed by atoms with Crippen molar-refractivity contribution in [2.24, 2.45) is 10.8 Å². The van der Waals surface area contributed by atoms with Gasteiger partial charge in [0.05, 0.1) is 5.71 Å². The predicted molar refractivity (Wildman–Crippen MR) is 61.1 cm³/mol. The van der Waals surface area contributed by atoms with Crippen LogP contribution in [0.1, 0.15) is 39.0 Å². The summed E-state index contributed by atoms with van der Waals surface area (Å²) >= 11 is 4.63. The minimum atomic E-state index is -0.754. The van der Waals surface area contributed by atoms with Gasteiger partial charge in [-0.2, -0.15) is 5.10 Å². The van der Waals surface area contributed by atoms with E-state index in [1.165, 1.54) is 6.42 Å². The number of rotatable bonds is 2. The van der Waals surface area contributed by atoms with Gasteiger partial charge < -0.3 is 10.8 Å². The van der Waals surface area contributed by atoms with Crippen molar-refractivity contribution in [2.45, 2.75) is 44.6 Å². The summed E-state index contributed by atoms with van der Waals surface area (Å²) in [6, 6.07) is 0. The molecule has 0 aromatic heterocycles. The van der Waals surface area contributed by atoms with Crippen molar-refractivity contribution >= 4 is 23.0 Å². The van der Waals surface area contributed by atoms with E-state index in [0.717, 1.165) is 25.7 Å². The van der Waals surface area contributed by atoms with E-state index < -0.39 is 5.60 Å². The van der Waals surface area contributed by atoms with Crippen molar-refractivity contribution in [1.29, 1.82) is 0 Å². The Bertz CT molecular complexity index is 246. The van der Waals surface area contributed by atoms with E-state index in [2.05, 4.69) is 22.7 Å². The molecule has 0 aromatic carbocycles. The van der Waals surface area contributed by atoms with E-state index in [4.69, 9.17) is 5.73 Å². The molecule has 0 unspecified atom stereocenters. The van der Waals surface area contributed by atoms with Crippen molar-refractivity contribution in [3.8, 4) is 0 Å². The van der Waals surface area contributed by atoms with E-state index in [-0.39, 0.29) is 5.11 Å². The number of aliphatic hydroxyl groups is 1. The van der Waals surface area contributed by atoms with E-state index in [0.29, 0.717) is 5.71 Å². The molecule has 0 saturated heterocycles. The smallest absolute Gasteiger partial charge is 0.184 e. The van der Waals surface area contributed by atoms with Gasteiger partial charge in [-0.05, 0) is 32.0 Å². The van der Waals surface area contributed by atoms with Crippen molar-refractivity contribution in [1.82, 2.24) is 5.43 Å². The maximum Gasteiger partial charge on any atom is 0.184 e. The molecule has 80 valence electrons. The number of thiocarbonyl (C=S) groups is 1. The molecule has 1 saturated carbocycles. The fourth-order valence-electron chi connectivity index (χ4n) is 1.74. The van der Waals surface area contributed by atoms with Crippen LogP contribution in [-0.2, 0) is 0 Å². The largest absolute Gasteiger partial charge is 0.384 e. The van der Waals surface area contributed by atoms with Gasteiger partial charge >= 0.3 is 0 Å². The lowest BCUT2D eigenvalue weighted by atomic mass is 9.82. The average molecular weight is 215 g/mol. The fraction of sp³-hybridized carbons (Fsp3) is 0.778. The highest BCUT2D eigenvalue weighted by atomic mass is 32.1. The van der Waals surface area contributed by atoms with Crippen LogP contribution in [0.3, 0.4) is 0 Å². The van der Waals surface area contributed by atoms with Crippen LogP contribution in [0.15, 0.2) is 5.10 Å². The molecule has 4 N–H and O–H groups in total. The number of hydrogen-bond acceptors (Lipinski definition) is 3. The molecule has 1 fully saturated rings. The lowest BCUT2D eigenvalue weighted by Gasteiger charge is -2.31. The first kappa shape index (κ1) is 11.4. The quantitative estimate of drug-likeness (QED) is 0.363. The van der Waals surface area contributed by atoms with Crippen LogP contribution in [0.2, 0.25) is 0 Å². The molecule has 0 aromatic rings. The molecule has 4 nitrogen and oxygen atoms in total. The fourth-order valence-corrected chi connectivity index (χ4v) is 1.79. The molecular formula is C9H17N3OS. The summed E-state index contributed by atoms with van der Waals surface area (Å²) in [6.07, 6.45) is 4.86. The molecule has 0 aliphatic heterocycles. The maximum atomic E-state index is 10.2. The molecule has 1 rings (SSSR count). The third-order valence-electron chi connectivity index (χ3n) is 2.69. The lowest BCUT2D eigenvalue weighted by molar-refractivity contribution is 0.0699. The summed E-state index contributed by atoms with van der Waals surface area (Å²) in [7, 11) is 0. The lowest BCUT2D eigenvalue weighted by Crippen LogP contribution is -2.40. The Balaban J connectivity index is 2.60. The van der Waals surface area contributed by atoms with Gasteiger partial charge in [-0.1, -0.05) is 19.3 Å². The van der Waals surface area contributed by atoms with Gasteiger partial charge in [-0.3, -0.25) is 5.43 Å². The summed E-state index contributed by atoms with van der Waals surface area (Å²) in [5.41, 5.74) is 7.67. The first-order valence-corrected chi connectivity index (χ1v) is 5.28. The van der Waals surface area contributed by atoms with E-state index in [1.54, 1.807) is 6.92 Å². The number of nitrogens with zero attached hydrogens (tertiary/aromatic N) is 1. The molecule has 0 atom stereocenters. The second kappa shape index (κ2) is 4.70. The standard InChI is InChI=1S/C9H17N3OS/c1-7(11-12-8(10)14)9(13)5-3-2-4-6-9/h13H,2-6H2,1H3,(H3,10,12,14)/b11-7-. The van der Waals surface area contributed by atoms with Crippen LogP contribution >= 0.6 is 12.2 Å². The van der Waals surface area contributed by atoms with E-state index in [9.17, 15) is 5.11 Å². The minimum Gasteiger partial charge on any atom is -0.384 e. The zero-order chi connectivity index (χ0) is 10.6. The van der Waals surface area contributed by atoms with Crippen molar-refractivity contribution < 1.29 is 5.11 Å². The van der Waals surface area contributed by atoms with Crippen LogP contribution in [0.25, 0.3) is 0 Å². The molecule has 0 spiro atoms. The minimum absolute atomic E-state index is 0.128. The predicted octanol–water partition coefficient (Wildman–Crippen LogP) is 0.891. The average Bonchev–Trinajstić information content (AvgIpc) is 2.15. The molecule has 1 aliphatic rings. The van der Waals surface area contributed by atoms with E-state index >= 15 is 0 Å². The summed E-state index contributed by atoms with van der Waals surface area (Å²) < 4.78 is 0. The van der Waals surface area contributed by atoms with Crippen molar-refractivity contribution in [3.05, 3.63) is 0 Å². The van der Waals surface area contributed by atoms with Gasteiger partial charge in [-0.15, -0.1) is 0 Å². The Kier molecular flexibility index (Phi) is 3.83. The van der Waals surface area contributed by atoms with Crippen molar-refractivity contribution in [3.63, 3.8) is 0 Å². The number of nitrogens with one attached hydrogen (secondary N) is 1. The highest BCUT2D eigenvalue weighted by Gasteiger charge is 2.32. The van der Waals surface area contributed by atoms with Crippen LogP contribution in [0, 0.1) is 0 Å². The molecule has 5 heteroatoms. The molecule has 0 bridgehead atoms. The van der Waals surface area contributed by atoms with E-state index in [1.807, 2.05) is 0 Å². The zero-order valence-corrected chi connectivity index (χ0v) is 9.23. The van der Waals surface area contributed by atoms with Crippen LogP contribution in [0.5, 0.6) is 0 Å². The summed E-state index contributed by atoms with van der Waals surface area (Å²) in [5, 5.41) is 14.3. The van der Waals surface area contributed by atoms with Crippen LogP contribution in [0.4, 0.5) is 0 Å². The number of nitrogens with two attached hydrogens (primary N) is 1. The molecule has 0 heterocycles. The molecular weight excluding hydrogens is 198 g/mol. The Morgan fingerprint density at radius 1 is 1.43 bits per heavy atom. The number of hydrogen-bond donors (Lipinski definition) is 3. The second-order valence-electron chi connectivity index (χ2n) is 3.77.